The fourth-order valence-electron chi connectivity index (χ4n) is 1.40. The number of ether oxygens (including phenoxy) is 1. The summed E-state index contributed by atoms with van der Waals surface area (Å²) in [5, 5.41) is 6.85. The molecule has 0 aliphatic carbocycles. The summed E-state index contributed by atoms with van der Waals surface area (Å²) in [6, 6.07) is 0. The van der Waals surface area contributed by atoms with Crippen molar-refractivity contribution in [3.05, 3.63) is 38.2 Å². The molecule has 0 saturated heterocycles. The Morgan fingerprint density at radius 2 is 2.35 bits per heavy atom. The second-order valence-corrected chi connectivity index (χ2v) is 5.08. The van der Waals surface area contributed by atoms with E-state index in [1.165, 1.54) is 24.6 Å². The lowest BCUT2D eigenvalue weighted by Crippen LogP contribution is -2.28. The second-order valence-electron chi connectivity index (χ2n) is 3.73. The molecule has 1 N–H and O–H groups in total. The van der Waals surface area contributed by atoms with Crippen molar-refractivity contribution in [2.45, 2.75) is 13.1 Å². The number of hydrogen-bond acceptors (Lipinski definition) is 7. The third-order valence-corrected chi connectivity index (χ3v) is 3.57. The number of methoxy groups -OCH3 is 1. The number of halogens is 1. The Morgan fingerprint density at radius 1 is 1.55 bits per heavy atom. The Hall–Kier alpha value is -1.93. The van der Waals surface area contributed by atoms with Gasteiger partial charge in [-0.15, -0.1) is 11.3 Å². The van der Waals surface area contributed by atoms with Gasteiger partial charge in [0, 0.05) is 11.1 Å². The zero-order chi connectivity index (χ0) is 14.5. The lowest BCUT2D eigenvalue weighted by atomic mass is 10.4. The molecule has 0 aliphatic rings. The van der Waals surface area contributed by atoms with E-state index in [1.54, 1.807) is 11.7 Å². The van der Waals surface area contributed by atoms with Gasteiger partial charge in [-0.25, -0.2) is 4.68 Å². The fourth-order valence-corrected chi connectivity index (χ4v) is 2.15. The highest BCUT2D eigenvalue weighted by Crippen LogP contribution is 2.17. The first-order valence-electron chi connectivity index (χ1n) is 5.55. The van der Waals surface area contributed by atoms with Crippen molar-refractivity contribution < 1.29 is 9.53 Å². The third-order valence-electron chi connectivity index (χ3n) is 2.43. The number of hydrogen-bond donors (Lipinski definition) is 1. The molecule has 0 spiro atoms. The summed E-state index contributed by atoms with van der Waals surface area (Å²) in [7, 11) is 1.24. The summed E-state index contributed by atoms with van der Waals surface area (Å²) in [5.41, 5.74) is 1.57. The molecule has 0 amide bonds. The van der Waals surface area contributed by atoms with Crippen molar-refractivity contribution in [2.75, 3.05) is 12.4 Å². The molecule has 0 aliphatic heterocycles. The second kappa shape index (κ2) is 6.49. The Kier molecular flexibility index (Phi) is 4.70. The number of carbonyl (C=O) groups is 1. The number of carbonyl (C=O) groups excluding carboxylic acids is 1. The number of nitrogens with one attached hydrogen (secondary N) is 1. The van der Waals surface area contributed by atoms with Gasteiger partial charge in [-0.05, 0) is 0 Å². The number of nitrogens with zero attached hydrogens (tertiary/aromatic N) is 3. The third kappa shape index (κ3) is 3.34. The summed E-state index contributed by atoms with van der Waals surface area (Å²) < 4.78 is 5.42. The number of aromatic nitrogens is 3. The monoisotopic (exact) mass is 314 g/mol. The van der Waals surface area contributed by atoms with Gasteiger partial charge >= 0.3 is 5.97 Å². The minimum absolute atomic E-state index is 0.0200. The van der Waals surface area contributed by atoms with Gasteiger partial charge in [0.15, 0.2) is 0 Å². The van der Waals surface area contributed by atoms with Crippen molar-refractivity contribution in [1.82, 2.24) is 14.8 Å². The summed E-state index contributed by atoms with van der Waals surface area (Å²) in [4.78, 5) is 28.0. The van der Waals surface area contributed by atoms with E-state index < -0.39 is 11.5 Å². The van der Waals surface area contributed by atoms with Crippen LogP contribution in [0.25, 0.3) is 0 Å². The van der Waals surface area contributed by atoms with Crippen molar-refractivity contribution in [3.8, 4) is 0 Å². The first-order chi connectivity index (χ1) is 9.61. The van der Waals surface area contributed by atoms with Gasteiger partial charge in [0.2, 0.25) is 0 Å². The Morgan fingerprint density at radius 3 is 3.00 bits per heavy atom. The van der Waals surface area contributed by atoms with Gasteiger partial charge < -0.3 is 10.1 Å². The minimum atomic E-state index is -0.568. The van der Waals surface area contributed by atoms with E-state index in [1.807, 2.05) is 0 Å². The molecule has 2 aromatic rings. The van der Waals surface area contributed by atoms with Crippen LogP contribution in [0.2, 0.25) is 5.02 Å². The Balaban J connectivity index is 2.14. The van der Waals surface area contributed by atoms with E-state index in [9.17, 15) is 9.59 Å². The van der Waals surface area contributed by atoms with Crippen molar-refractivity contribution in [1.29, 1.82) is 0 Å². The predicted molar refractivity (Wildman–Crippen MR) is 75.0 cm³/mol. The summed E-state index contributed by atoms with van der Waals surface area (Å²) in [6.45, 7) is 0.219. The van der Waals surface area contributed by atoms with Crippen LogP contribution in [0.15, 0.2) is 22.7 Å². The van der Waals surface area contributed by atoms with E-state index in [4.69, 9.17) is 11.6 Å². The molecule has 0 radical (unpaired) electrons. The van der Waals surface area contributed by atoms with Gasteiger partial charge in [-0.3, -0.25) is 14.6 Å². The first-order valence-corrected chi connectivity index (χ1v) is 6.81. The molecule has 0 aromatic carbocycles. The highest BCUT2D eigenvalue weighted by Gasteiger charge is 2.12. The summed E-state index contributed by atoms with van der Waals surface area (Å²) >= 11 is 7.45. The van der Waals surface area contributed by atoms with Crippen LogP contribution in [0.4, 0.5) is 5.69 Å². The smallest absolute Gasteiger partial charge is 0.327 e. The molecule has 2 rings (SSSR count). The van der Waals surface area contributed by atoms with Crippen molar-refractivity contribution in [2.24, 2.45) is 0 Å². The zero-order valence-electron chi connectivity index (χ0n) is 10.5. The SMILES string of the molecule is COC(=O)Cn1ncc(NCc2cncs2)c(Cl)c1=O. The lowest BCUT2D eigenvalue weighted by molar-refractivity contribution is -0.141. The highest BCUT2D eigenvalue weighted by molar-refractivity contribution is 7.09. The molecule has 20 heavy (non-hydrogen) atoms. The van der Waals surface area contributed by atoms with E-state index in [0.29, 0.717) is 12.2 Å². The largest absolute Gasteiger partial charge is 0.468 e. The van der Waals surface area contributed by atoms with Crippen LogP contribution in [0.1, 0.15) is 4.88 Å². The molecule has 2 aromatic heterocycles. The average Bonchev–Trinajstić information content (AvgIpc) is 2.96. The zero-order valence-corrected chi connectivity index (χ0v) is 12.1. The number of anilines is 1. The molecule has 106 valence electrons. The van der Waals surface area contributed by atoms with Crippen LogP contribution < -0.4 is 10.9 Å². The van der Waals surface area contributed by atoms with Crippen molar-refractivity contribution in [3.63, 3.8) is 0 Å². The maximum absolute atomic E-state index is 11.9. The normalized spacial score (nSPS) is 10.3. The topological polar surface area (TPSA) is 86.1 Å². The Bertz CT molecular complexity index is 656. The molecule has 0 atom stereocenters. The van der Waals surface area contributed by atoms with Crippen LogP contribution in [-0.2, 0) is 22.6 Å². The summed E-state index contributed by atoms with van der Waals surface area (Å²) in [6.07, 6.45) is 3.12. The van der Waals surface area contributed by atoms with Crippen LogP contribution >= 0.6 is 22.9 Å². The molecule has 0 bridgehead atoms. The van der Waals surface area contributed by atoms with E-state index in [2.05, 4.69) is 20.1 Å². The molecule has 0 fully saturated rings. The maximum atomic E-state index is 11.9. The minimum Gasteiger partial charge on any atom is -0.468 e. The van der Waals surface area contributed by atoms with Crippen LogP contribution in [0.5, 0.6) is 0 Å². The molecular formula is C11H11ClN4O3S. The van der Waals surface area contributed by atoms with Gasteiger partial charge in [0.1, 0.15) is 11.6 Å². The van der Waals surface area contributed by atoms with E-state index >= 15 is 0 Å². The number of esters is 1. The summed E-state index contributed by atoms with van der Waals surface area (Å²) in [5.74, 6) is -0.568. The highest BCUT2D eigenvalue weighted by atomic mass is 35.5. The molecular weight excluding hydrogens is 304 g/mol. The number of rotatable bonds is 5. The van der Waals surface area contributed by atoms with Gasteiger partial charge in [0.25, 0.3) is 5.56 Å². The van der Waals surface area contributed by atoms with Crippen LogP contribution in [0, 0.1) is 0 Å². The number of thiazole rings is 1. The lowest BCUT2D eigenvalue weighted by Gasteiger charge is -2.08. The van der Waals surface area contributed by atoms with Gasteiger partial charge in [-0.1, -0.05) is 11.6 Å². The fraction of sp³-hybridized carbons (Fsp3) is 0.273. The molecule has 0 saturated carbocycles. The predicted octanol–water partition coefficient (Wildman–Crippen LogP) is 1.14. The molecule has 2 heterocycles. The van der Waals surface area contributed by atoms with Crippen molar-refractivity contribution >= 4 is 34.6 Å². The van der Waals surface area contributed by atoms with Crippen LogP contribution in [-0.4, -0.2) is 27.8 Å². The van der Waals surface area contributed by atoms with Gasteiger partial charge in [0.05, 0.1) is 31.0 Å². The quantitative estimate of drug-likeness (QED) is 0.833. The molecule has 9 heteroatoms. The van der Waals surface area contributed by atoms with E-state index in [0.717, 1.165) is 9.56 Å². The molecule has 0 unspecified atom stereocenters. The first kappa shape index (κ1) is 14.5. The van der Waals surface area contributed by atoms with Gasteiger partial charge in [-0.2, -0.15) is 5.10 Å². The van der Waals surface area contributed by atoms with Crippen LogP contribution in [0.3, 0.4) is 0 Å². The molecule has 7 nitrogen and oxygen atoms in total. The standard InChI is InChI=1S/C11H11ClN4O3S/c1-19-9(17)5-16-11(18)10(12)8(4-15-16)14-3-7-2-13-6-20-7/h2,4,6,14H,3,5H2,1H3. The average molecular weight is 315 g/mol. The maximum Gasteiger partial charge on any atom is 0.327 e. The Labute approximate surface area is 123 Å². The van der Waals surface area contributed by atoms with E-state index in [-0.39, 0.29) is 11.6 Å².